The number of ether oxygens (including phenoxy) is 1. The van der Waals surface area contributed by atoms with Crippen molar-refractivity contribution in [3.63, 3.8) is 0 Å². The van der Waals surface area contributed by atoms with Crippen LogP contribution in [0, 0.1) is 0 Å². The molecule has 12 heteroatoms. The van der Waals surface area contributed by atoms with Gasteiger partial charge in [0.15, 0.2) is 34.9 Å². The van der Waals surface area contributed by atoms with Crippen LogP contribution in [0.1, 0.15) is 52.7 Å². The van der Waals surface area contributed by atoms with Gasteiger partial charge in [-0.15, -0.1) is 0 Å². The maximum absolute atomic E-state index is 6.91. The molecule has 85 heavy (non-hydrogen) atoms. The Labute approximate surface area is 493 Å². The SMILES string of the molecule is CC(C)(C)c1ccnc(-n2c3ccccc3c3ccc(Oc4cccc(N5CN(c6c(-c7nc(-c8ccccc8)nc(-c8ccccc8)n7)cc(C(C)(C)C)cc6-c6nc(-c7ccccc7)nc(-c7ccccc7)n6)c6ccncc65)c4)cc32)c1. The molecule has 0 bridgehead atoms. The van der Waals surface area contributed by atoms with E-state index in [1.54, 1.807) is 0 Å². The van der Waals surface area contributed by atoms with Gasteiger partial charge in [0.1, 0.15) is 24.0 Å². The summed E-state index contributed by atoms with van der Waals surface area (Å²) in [4.78, 5) is 46.3. The number of hydrogen-bond acceptors (Lipinski definition) is 11. The van der Waals surface area contributed by atoms with Crippen molar-refractivity contribution < 1.29 is 4.74 Å². The normalized spacial score (nSPS) is 12.5. The second kappa shape index (κ2) is 21.2. The number of fused-ring (bicyclic) bond motifs is 4. The quantitative estimate of drug-likeness (QED) is 0.123. The molecule has 0 saturated carbocycles. The number of hydrogen-bond donors (Lipinski definition) is 0. The molecule has 0 spiro atoms. The molecule has 0 radical (unpaired) electrons. The van der Waals surface area contributed by atoms with Gasteiger partial charge in [0.25, 0.3) is 0 Å². The molecule has 0 atom stereocenters. The van der Waals surface area contributed by atoms with Crippen molar-refractivity contribution in [1.82, 2.24) is 44.4 Å². The standard InChI is InChI=1S/C73H59N11O/c1-72(2,3)51-36-39-75-64(42-51)84-60-33-20-19-32-56(60)57-35-34-55(44-62(57)84)85-54-31-21-30-53(43-54)82-46-83(61-37-38-74-45-63(61)82)65-58(70-78-66(47-22-11-7-12-23-47)76-67(79-70)48-24-13-8-14-25-48)40-52(73(4,5)6)41-59(65)71-80-68(49-26-15-9-16-27-49)77-69(81-71)50-28-17-10-18-29-50/h7-45H,46H2,1-6H3. The Balaban J connectivity index is 0.945. The summed E-state index contributed by atoms with van der Waals surface area (Å²) in [5, 5.41) is 2.26. The van der Waals surface area contributed by atoms with Gasteiger partial charge in [-0.2, -0.15) is 0 Å². The lowest BCUT2D eigenvalue weighted by Gasteiger charge is -2.29. The molecule has 13 aromatic rings. The summed E-state index contributed by atoms with van der Waals surface area (Å²) >= 11 is 0. The van der Waals surface area contributed by atoms with Crippen molar-refractivity contribution in [3.05, 3.63) is 248 Å². The molecular formula is C73H59N11O. The van der Waals surface area contributed by atoms with Gasteiger partial charge >= 0.3 is 0 Å². The van der Waals surface area contributed by atoms with Gasteiger partial charge in [-0.05, 0) is 82.6 Å². The van der Waals surface area contributed by atoms with Crippen molar-refractivity contribution in [2.24, 2.45) is 0 Å². The van der Waals surface area contributed by atoms with Gasteiger partial charge in [0.05, 0.1) is 34.3 Å². The Morgan fingerprint density at radius 3 is 1.45 bits per heavy atom. The van der Waals surface area contributed by atoms with Crippen LogP contribution in [0.4, 0.5) is 22.7 Å². The van der Waals surface area contributed by atoms with Gasteiger partial charge in [-0.25, -0.2) is 34.9 Å². The van der Waals surface area contributed by atoms with E-state index in [0.29, 0.717) is 53.1 Å². The van der Waals surface area contributed by atoms with E-state index in [-0.39, 0.29) is 10.8 Å². The Hall–Kier alpha value is -10.7. The van der Waals surface area contributed by atoms with Crippen molar-refractivity contribution in [3.8, 4) is 85.6 Å². The number of nitrogens with zero attached hydrogens (tertiary/aromatic N) is 11. The van der Waals surface area contributed by atoms with Crippen LogP contribution in [0.2, 0.25) is 0 Å². The minimum atomic E-state index is -0.355. The monoisotopic (exact) mass is 1110 g/mol. The van der Waals surface area contributed by atoms with Crippen LogP contribution < -0.4 is 14.5 Å². The number of pyridine rings is 2. The zero-order valence-electron chi connectivity index (χ0n) is 48.1. The second-order valence-electron chi connectivity index (χ2n) is 23.4. The number of anilines is 4. The van der Waals surface area contributed by atoms with Crippen molar-refractivity contribution in [1.29, 1.82) is 0 Å². The lowest BCUT2D eigenvalue weighted by molar-refractivity contribution is 0.483. The first kappa shape index (κ1) is 52.4. The van der Waals surface area contributed by atoms with Gasteiger partial charge in [0.2, 0.25) is 0 Å². The van der Waals surface area contributed by atoms with Crippen LogP contribution in [0.5, 0.6) is 11.5 Å². The molecule has 0 amide bonds. The summed E-state index contributed by atoms with van der Waals surface area (Å²) in [6.45, 7) is 13.7. The predicted octanol–water partition coefficient (Wildman–Crippen LogP) is 17.6. The smallest absolute Gasteiger partial charge is 0.166 e. The number of benzene rings is 8. The van der Waals surface area contributed by atoms with Gasteiger partial charge in [-0.3, -0.25) is 9.55 Å². The highest BCUT2D eigenvalue weighted by Crippen LogP contribution is 2.51. The zero-order chi connectivity index (χ0) is 57.8. The van der Waals surface area contributed by atoms with Gasteiger partial charge in [0, 0.05) is 74.4 Å². The van der Waals surface area contributed by atoms with Gasteiger partial charge in [-0.1, -0.05) is 187 Å². The van der Waals surface area contributed by atoms with E-state index in [1.807, 2.05) is 158 Å². The summed E-state index contributed by atoms with van der Waals surface area (Å²) in [6, 6.07) is 74.3. The van der Waals surface area contributed by atoms with Crippen LogP contribution >= 0.6 is 0 Å². The van der Waals surface area contributed by atoms with E-state index in [0.717, 1.165) is 89.3 Å². The highest BCUT2D eigenvalue weighted by molar-refractivity contribution is 6.09. The molecule has 12 nitrogen and oxygen atoms in total. The average Bonchev–Trinajstić information content (AvgIpc) is 2.24. The van der Waals surface area contributed by atoms with Crippen molar-refractivity contribution >= 4 is 44.6 Å². The molecule has 1 aliphatic rings. The van der Waals surface area contributed by atoms with E-state index >= 15 is 0 Å². The Morgan fingerprint density at radius 2 is 0.894 bits per heavy atom. The minimum absolute atomic E-state index is 0.0550. The molecule has 0 fully saturated rings. The molecule has 5 aromatic heterocycles. The molecule has 0 N–H and O–H groups in total. The highest BCUT2D eigenvalue weighted by atomic mass is 16.5. The first-order valence-corrected chi connectivity index (χ1v) is 28.6. The molecule has 0 aliphatic carbocycles. The van der Waals surface area contributed by atoms with E-state index in [9.17, 15) is 0 Å². The van der Waals surface area contributed by atoms with Crippen molar-refractivity contribution in [2.45, 2.75) is 52.4 Å². The fourth-order valence-corrected chi connectivity index (χ4v) is 11.2. The largest absolute Gasteiger partial charge is 0.457 e. The number of para-hydroxylation sites is 1. The Bertz CT molecular complexity index is 4370. The Kier molecular flexibility index (Phi) is 13.1. The maximum Gasteiger partial charge on any atom is 0.166 e. The highest BCUT2D eigenvalue weighted by Gasteiger charge is 2.35. The minimum Gasteiger partial charge on any atom is -0.457 e. The summed E-state index contributed by atoms with van der Waals surface area (Å²) in [5.41, 5.74) is 12.4. The summed E-state index contributed by atoms with van der Waals surface area (Å²) in [5.74, 6) is 5.41. The lowest BCUT2D eigenvalue weighted by Crippen LogP contribution is -2.26. The van der Waals surface area contributed by atoms with Crippen LogP contribution in [-0.4, -0.2) is 51.1 Å². The summed E-state index contributed by atoms with van der Waals surface area (Å²) in [6.07, 6.45) is 5.68. The molecule has 412 valence electrons. The second-order valence-corrected chi connectivity index (χ2v) is 23.4. The fraction of sp³-hybridized carbons (Fsp3) is 0.123. The van der Waals surface area contributed by atoms with Crippen LogP contribution in [0.3, 0.4) is 0 Å². The van der Waals surface area contributed by atoms with Crippen LogP contribution in [0.25, 0.3) is 96.0 Å². The number of aromatic nitrogens is 9. The third kappa shape index (κ3) is 10.1. The van der Waals surface area contributed by atoms with Gasteiger partial charge < -0.3 is 14.5 Å². The maximum atomic E-state index is 6.91. The average molecular weight is 1110 g/mol. The number of rotatable bonds is 11. The molecule has 6 heterocycles. The van der Waals surface area contributed by atoms with E-state index < -0.39 is 0 Å². The van der Waals surface area contributed by atoms with E-state index in [2.05, 4.69) is 135 Å². The molecule has 0 unspecified atom stereocenters. The summed E-state index contributed by atoms with van der Waals surface area (Å²) < 4.78 is 9.15. The fourth-order valence-electron chi connectivity index (χ4n) is 11.2. The van der Waals surface area contributed by atoms with Crippen LogP contribution in [-0.2, 0) is 10.8 Å². The molecule has 8 aromatic carbocycles. The van der Waals surface area contributed by atoms with E-state index in [4.69, 9.17) is 44.6 Å². The molecular weight excluding hydrogens is 1050 g/mol. The summed E-state index contributed by atoms with van der Waals surface area (Å²) in [7, 11) is 0. The zero-order valence-corrected chi connectivity index (χ0v) is 48.1. The first-order valence-electron chi connectivity index (χ1n) is 28.6. The van der Waals surface area contributed by atoms with Crippen molar-refractivity contribution in [2.75, 3.05) is 16.5 Å². The lowest BCUT2D eigenvalue weighted by atomic mass is 9.83. The van der Waals surface area contributed by atoms with E-state index in [1.165, 1.54) is 5.56 Å². The van der Waals surface area contributed by atoms with Crippen LogP contribution in [0.15, 0.2) is 237 Å². The first-order chi connectivity index (χ1) is 41.4. The Morgan fingerprint density at radius 1 is 0.388 bits per heavy atom. The molecule has 1 aliphatic heterocycles. The predicted molar refractivity (Wildman–Crippen MR) is 342 cm³/mol. The topological polar surface area (TPSA) is 124 Å². The molecule has 0 saturated heterocycles. The third-order valence-corrected chi connectivity index (χ3v) is 15.6. The third-order valence-electron chi connectivity index (χ3n) is 15.6. The molecule has 14 rings (SSSR count).